The monoisotopic (exact) mass is 399 g/mol. The summed E-state index contributed by atoms with van der Waals surface area (Å²) in [5, 5.41) is 11.6. The number of aromatic nitrogens is 2. The molecule has 1 aromatic carbocycles. The normalized spacial score (nSPS) is 24.0. The highest BCUT2D eigenvalue weighted by atomic mass is 32.1. The van der Waals surface area contributed by atoms with Crippen molar-refractivity contribution in [3.8, 4) is 5.88 Å². The van der Waals surface area contributed by atoms with Gasteiger partial charge in [0.2, 0.25) is 5.88 Å². The molecule has 3 aromatic rings. The fraction of sp³-hybridized carbons (Fsp3) is 0.524. The number of nitrogens with zero attached hydrogens (tertiary/aromatic N) is 3. The van der Waals surface area contributed by atoms with E-state index in [4.69, 9.17) is 9.47 Å². The molecule has 1 N–H and O–H groups in total. The van der Waals surface area contributed by atoms with E-state index in [-0.39, 0.29) is 12.7 Å². The van der Waals surface area contributed by atoms with Crippen molar-refractivity contribution in [1.82, 2.24) is 14.9 Å². The minimum atomic E-state index is 0.0305. The lowest BCUT2D eigenvalue weighted by Gasteiger charge is -2.38. The number of rotatable bonds is 4. The van der Waals surface area contributed by atoms with E-state index in [1.165, 1.54) is 0 Å². The third-order valence-electron chi connectivity index (χ3n) is 5.96. The number of ether oxygens (including phenoxy) is 2. The SMILES string of the molecule is OCc1ccc2sc3ncnc(OC4CCC(N5CCOCC5)CC4)c3c2c1. The average molecular weight is 400 g/mol. The van der Waals surface area contributed by atoms with Crippen LogP contribution in [0.15, 0.2) is 24.5 Å². The van der Waals surface area contributed by atoms with Gasteiger partial charge < -0.3 is 14.6 Å². The molecule has 6 nitrogen and oxygen atoms in total. The maximum atomic E-state index is 9.50. The van der Waals surface area contributed by atoms with Gasteiger partial charge in [-0.15, -0.1) is 11.3 Å². The summed E-state index contributed by atoms with van der Waals surface area (Å²) in [7, 11) is 0. The van der Waals surface area contributed by atoms with Crippen molar-refractivity contribution in [1.29, 1.82) is 0 Å². The fourth-order valence-corrected chi connectivity index (χ4v) is 5.46. The smallest absolute Gasteiger partial charge is 0.226 e. The summed E-state index contributed by atoms with van der Waals surface area (Å²) in [6, 6.07) is 6.69. The molecule has 1 aliphatic carbocycles. The highest BCUT2D eigenvalue weighted by Crippen LogP contribution is 2.38. The Morgan fingerprint density at radius 3 is 2.75 bits per heavy atom. The van der Waals surface area contributed by atoms with Crippen LogP contribution in [0.5, 0.6) is 5.88 Å². The van der Waals surface area contributed by atoms with Gasteiger partial charge in [0.25, 0.3) is 0 Å². The Hall–Kier alpha value is -1.80. The Labute approximate surface area is 168 Å². The third kappa shape index (κ3) is 3.48. The Kier molecular flexibility index (Phi) is 5.15. The standard InChI is InChI=1S/C21H25N3O3S/c25-12-14-1-6-18-17(11-14)19-20(22-13-23-21(19)28-18)27-16-4-2-15(3-5-16)24-7-9-26-10-8-24/h1,6,11,13,15-16,25H,2-5,7-10,12H2. The van der Waals surface area contributed by atoms with Gasteiger partial charge in [-0.1, -0.05) is 6.07 Å². The lowest BCUT2D eigenvalue weighted by atomic mass is 9.91. The first-order chi connectivity index (χ1) is 13.8. The van der Waals surface area contributed by atoms with Gasteiger partial charge in [0.1, 0.15) is 17.3 Å². The maximum Gasteiger partial charge on any atom is 0.226 e. The number of aliphatic hydroxyl groups is 1. The molecule has 0 radical (unpaired) electrons. The van der Waals surface area contributed by atoms with E-state index in [2.05, 4.69) is 14.9 Å². The largest absolute Gasteiger partial charge is 0.474 e. The second-order valence-corrected chi connectivity index (χ2v) is 8.68. The van der Waals surface area contributed by atoms with Crippen molar-refractivity contribution in [3.63, 3.8) is 0 Å². The Bertz CT molecular complexity index is 962. The van der Waals surface area contributed by atoms with Crippen LogP contribution < -0.4 is 4.74 Å². The number of hydrogen-bond acceptors (Lipinski definition) is 7. The van der Waals surface area contributed by atoms with Crippen LogP contribution in [0.25, 0.3) is 20.3 Å². The minimum absolute atomic E-state index is 0.0305. The predicted octanol–water partition coefficient (Wildman–Crippen LogP) is 3.36. The molecule has 1 aliphatic heterocycles. The van der Waals surface area contributed by atoms with Gasteiger partial charge in [-0.2, -0.15) is 0 Å². The molecule has 1 saturated carbocycles. The second-order valence-electron chi connectivity index (χ2n) is 7.65. The number of thiophene rings is 1. The van der Waals surface area contributed by atoms with Gasteiger partial charge in [0, 0.05) is 29.2 Å². The highest BCUT2D eigenvalue weighted by Gasteiger charge is 2.28. The van der Waals surface area contributed by atoms with Gasteiger partial charge in [-0.05, 0) is 43.4 Å². The highest BCUT2D eigenvalue weighted by molar-refractivity contribution is 7.25. The summed E-state index contributed by atoms with van der Waals surface area (Å²) in [6.07, 6.45) is 6.23. The van der Waals surface area contributed by atoms with Crippen molar-refractivity contribution in [2.45, 2.75) is 44.4 Å². The van der Waals surface area contributed by atoms with Crippen LogP contribution in [0.2, 0.25) is 0 Å². The molecule has 0 spiro atoms. The van der Waals surface area contributed by atoms with Crippen LogP contribution in [-0.4, -0.2) is 58.4 Å². The van der Waals surface area contributed by atoms with Gasteiger partial charge in [0.05, 0.1) is 25.2 Å². The lowest BCUT2D eigenvalue weighted by molar-refractivity contribution is -0.00125. The number of aliphatic hydroxyl groups excluding tert-OH is 1. The molecule has 1 saturated heterocycles. The summed E-state index contributed by atoms with van der Waals surface area (Å²) in [4.78, 5) is 12.4. The number of fused-ring (bicyclic) bond motifs is 3. The van der Waals surface area contributed by atoms with Crippen molar-refractivity contribution < 1.29 is 14.6 Å². The molecule has 148 valence electrons. The van der Waals surface area contributed by atoms with E-state index >= 15 is 0 Å². The van der Waals surface area contributed by atoms with E-state index < -0.39 is 0 Å². The summed E-state index contributed by atoms with van der Waals surface area (Å²) < 4.78 is 13.0. The van der Waals surface area contributed by atoms with Crippen molar-refractivity contribution in [2.24, 2.45) is 0 Å². The summed E-state index contributed by atoms with van der Waals surface area (Å²) >= 11 is 1.64. The molecular weight excluding hydrogens is 374 g/mol. The molecule has 0 atom stereocenters. The number of morpholine rings is 1. The quantitative estimate of drug-likeness (QED) is 0.726. The zero-order valence-corrected chi connectivity index (χ0v) is 16.7. The Morgan fingerprint density at radius 1 is 1.14 bits per heavy atom. The van der Waals surface area contributed by atoms with Crippen LogP contribution in [-0.2, 0) is 11.3 Å². The molecule has 5 rings (SSSR count). The summed E-state index contributed by atoms with van der Waals surface area (Å²) in [5.41, 5.74) is 0.896. The van der Waals surface area contributed by atoms with E-state index in [9.17, 15) is 5.11 Å². The van der Waals surface area contributed by atoms with Gasteiger partial charge in [0.15, 0.2) is 0 Å². The zero-order valence-electron chi connectivity index (χ0n) is 15.8. The Morgan fingerprint density at radius 2 is 1.96 bits per heavy atom. The average Bonchev–Trinajstić information content (AvgIpc) is 3.13. The number of benzene rings is 1. The van der Waals surface area contributed by atoms with Gasteiger partial charge in [-0.3, -0.25) is 4.90 Å². The van der Waals surface area contributed by atoms with Crippen molar-refractivity contribution in [3.05, 3.63) is 30.1 Å². The maximum absolute atomic E-state index is 9.50. The predicted molar refractivity (Wildman–Crippen MR) is 110 cm³/mol. The first kappa shape index (κ1) is 18.2. The van der Waals surface area contributed by atoms with E-state index in [0.29, 0.717) is 11.9 Å². The molecule has 7 heteroatoms. The molecule has 0 unspecified atom stereocenters. The van der Waals surface area contributed by atoms with Crippen LogP contribution in [0.1, 0.15) is 31.2 Å². The number of hydrogen-bond donors (Lipinski definition) is 1. The lowest BCUT2D eigenvalue weighted by Crippen LogP contribution is -2.46. The Balaban J connectivity index is 1.35. The van der Waals surface area contributed by atoms with Crippen molar-refractivity contribution in [2.75, 3.05) is 26.3 Å². The van der Waals surface area contributed by atoms with Crippen LogP contribution in [0.4, 0.5) is 0 Å². The van der Waals surface area contributed by atoms with Crippen LogP contribution >= 0.6 is 11.3 Å². The topological polar surface area (TPSA) is 67.7 Å². The van der Waals surface area contributed by atoms with E-state index in [1.54, 1.807) is 17.7 Å². The van der Waals surface area contributed by atoms with Gasteiger partial charge in [-0.25, -0.2) is 9.97 Å². The van der Waals surface area contributed by atoms with Crippen LogP contribution in [0, 0.1) is 0 Å². The van der Waals surface area contributed by atoms with Crippen molar-refractivity contribution >= 4 is 31.6 Å². The molecule has 2 aromatic heterocycles. The minimum Gasteiger partial charge on any atom is -0.474 e. The summed E-state index contributed by atoms with van der Waals surface area (Å²) in [5.74, 6) is 0.682. The fourth-order valence-electron chi connectivity index (χ4n) is 4.44. The van der Waals surface area contributed by atoms with E-state index in [0.717, 1.165) is 77.9 Å². The van der Waals surface area contributed by atoms with Gasteiger partial charge >= 0.3 is 0 Å². The zero-order chi connectivity index (χ0) is 18.9. The first-order valence-corrected chi connectivity index (χ1v) is 10.9. The molecular formula is C21H25N3O3S. The molecule has 3 heterocycles. The molecule has 2 fully saturated rings. The van der Waals surface area contributed by atoms with Crippen LogP contribution in [0.3, 0.4) is 0 Å². The molecule has 0 bridgehead atoms. The third-order valence-corrected chi connectivity index (χ3v) is 7.04. The molecule has 2 aliphatic rings. The first-order valence-electron chi connectivity index (χ1n) is 10.1. The summed E-state index contributed by atoms with van der Waals surface area (Å²) in [6.45, 7) is 3.85. The second kappa shape index (κ2) is 7.91. The molecule has 28 heavy (non-hydrogen) atoms. The van der Waals surface area contributed by atoms with E-state index in [1.807, 2.05) is 18.2 Å². The molecule has 0 amide bonds.